The molecule has 6 N–H and O–H groups in total. The van der Waals surface area contributed by atoms with Crippen molar-refractivity contribution in [2.45, 2.75) is 30.8 Å². The molecule has 0 aromatic rings. The van der Waals surface area contributed by atoms with Gasteiger partial charge in [-0.15, -0.1) is 0 Å². The maximum absolute atomic E-state index is 9.30. The normalized spacial score (nSPS) is 20.1. The highest BCUT2D eigenvalue weighted by molar-refractivity contribution is 4.82. The van der Waals surface area contributed by atoms with E-state index in [2.05, 4.69) is 5.32 Å². The van der Waals surface area contributed by atoms with Gasteiger partial charge in [0.1, 0.15) is 18.3 Å². The van der Waals surface area contributed by atoms with Crippen LogP contribution in [-0.2, 0) is 0 Å². The fraction of sp³-hybridized carbons (Fsp3) is 0.875. The zero-order valence-corrected chi connectivity index (χ0v) is 8.04. The van der Waals surface area contributed by atoms with Crippen LogP contribution in [0, 0.1) is 6.54 Å². The van der Waals surface area contributed by atoms with Crippen molar-refractivity contribution in [3.05, 3.63) is 6.54 Å². The first-order valence-corrected chi connectivity index (χ1v) is 4.36. The molecular formula is C8H18NO5. The van der Waals surface area contributed by atoms with Crippen molar-refractivity contribution >= 4 is 0 Å². The van der Waals surface area contributed by atoms with Gasteiger partial charge in [-0.1, -0.05) is 0 Å². The summed E-state index contributed by atoms with van der Waals surface area (Å²) in [6.07, 6.45) is -5.54. The molecule has 14 heavy (non-hydrogen) atoms. The Morgan fingerprint density at radius 1 is 1.07 bits per heavy atom. The van der Waals surface area contributed by atoms with Crippen LogP contribution in [0.25, 0.3) is 0 Å². The van der Waals surface area contributed by atoms with E-state index in [1.165, 1.54) is 6.54 Å². The fourth-order valence-electron chi connectivity index (χ4n) is 0.941. The average Bonchev–Trinajstić information content (AvgIpc) is 2.22. The largest absolute Gasteiger partial charge is 0.394 e. The van der Waals surface area contributed by atoms with Crippen LogP contribution in [0.2, 0.25) is 0 Å². The average molecular weight is 208 g/mol. The molecule has 0 aromatic heterocycles. The Hall–Kier alpha value is -0.240. The number of rotatable bonds is 7. The first-order chi connectivity index (χ1) is 6.54. The van der Waals surface area contributed by atoms with E-state index in [9.17, 15) is 15.3 Å². The van der Waals surface area contributed by atoms with E-state index in [1.54, 1.807) is 7.05 Å². The smallest absolute Gasteiger partial charge is 0.110 e. The second kappa shape index (κ2) is 7.10. The highest BCUT2D eigenvalue weighted by Crippen LogP contribution is 2.08. The van der Waals surface area contributed by atoms with E-state index in [0.717, 1.165) is 0 Å². The molecule has 4 unspecified atom stereocenters. The SMILES string of the molecule is CN[CH]CC(O)C(O)C(O)C(O)CO. The minimum Gasteiger partial charge on any atom is -0.394 e. The molecule has 0 saturated heterocycles. The summed E-state index contributed by atoms with van der Waals surface area (Å²) >= 11 is 0. The van der Waals surface area contributed by atoms with Crippen LogP contribution in [-0.4, -0.2) is 63.6 Å². The van der Waals surface area contributed by atoms with Gasteiger partial charge in [0.15, 0.2) is 0 Å². The molecule has 6 nitrogen and oxygen atoms in total. The van der Waals surface area contributed by atoms with Gasteiger partial charge in [0.25, 0.3) is 0 Å². The molecule has 0 aliphatic rings. The molecule has 0 spiro atoms. The van der Waals surface area contributed by atoms with Gasteiger partial charge in [-0.05, 0) is 13.5 Å². The predicted octanol–water partition coefficient (Wildman–Crippen LogP) is -2.81. The Balaban J connectivity index is 3.95. The van der Waals surface area contributed by atoms with Crippen LogP contribution in [0.15, 0.2) is 0 Å². The van der Waals surface area contributed by atoms with Crippen molar-refractivity contribution in [3.8, 4) is 0 Å². The Kier molecular flexibility index (Phi) is 6.98. The Bertz CT molecular complexity index is 146. The van der Waals surface area contributed by atoms with Crippen molar-refractivity contribution in [2.24, 2.45) is 0 Å². The zero-order valence-electron chi connectivity index (χ0n) is 8.04. The van der Waals surface area contributed by atoms with E-state index < -0.39 is 31.0 Å². The summed E-state index contributed by atoms with van der Waals surface area (Å²) < 4.78 is 0. The second-order valence-corrected chi connectivity index (χ2v) is 3.03. The maximum Gasteiger partial charge on any atom is 0.110 e. The van der Waals surface area contributed by atoms with Crippen LogP contribution >= 0.6 is 0 Å². The molecule has 0 aliphatic carbocycles. The first kappa shape index (κ1) is 13.8. The summed E-state index contributed by atoms with van der Waals surface area (Å²) in [5.74, 6) is 0. The summed E-state index contributed by atoms with van der Waals surface area (Å²) in [5, 5.41) is 47.9. The molecule has 85 valence electrons. The number of nitrogens with one attached hydrogen (secondary N) is 1. The van der Waals surface area contributed by atoms with Gasteiger partial charge >= 0.3 is 0 Å². The lowest BCUT2D eigenvalue weighted by Crippen LogP contribution is -2.46. The minimum atomic E-state index is -1.56. The van der Waals surface area contributed by atoms with E-state index in [4.69, 9.17) is 10.2 Å². The van der Waals surface area contributed by atoms with Gasteiger partial charge in [0, 0.05) is 6.54 Å². The maximum atomic E-state index is 9.30. The van der Waals surface area contributed by atoms with Gasteiger partial charge in [0.05, 0.1) is 12.7 Å². The van der Waals surface area contributed by atoms with E-state index in [0.29, 0.717) is 0 Å². The third-order valence-electron chi connectivity index (χ3n) is 1.89. The lowest BCUT2D eigenvalue weighted by molar-refractivity contribution is -0.114. The quantitative estimate of drug-likeness (QED) is 0.269. The third-order valence-corrected chi connectivity index (χ3v) is 1.89. The molecule has 0 amide bonds. The van der Waals surface area contributed by atoms with Crippen LogP contribution in [0.1, 0.15) is 6.42 Å². The summed E-state index contributed by atoms with van der Waals surface area (Å²) in [6.45, 7) is 0.840. The summed E-state index contributed by atoms with van der Waals surface area (Å²) in [6, 6.07) is 0. The number of aliphatic hydroxyl groups is 5. The molecule has 0 aliphatic heterocycles. The summed E-state index contributed by atoms with van der Waals surface area (Å²) in [4.78, 5) is 0. The first-order valence-electron chi connectivity index (χ1n) is 4.36. The molecule has 0 rings (SSSR count). The molecule has 6 heteroatoms. The molecule has 0 aromatic carbocycles. The molecular weight excluding hydrogens is 190 g/mol. The van der Waals surface area contributed by atoms with Gasteiger partial charge < -0.3 is 30.8 Å². The molecule has 0 bridgehead atoms. The van der Waals surface area contributed by atoms with Crippen LogP contribution in [0.3, 0.4) is 0 Å². The summed E-state index contributed by atoms with van der Waals surface area (Å²) in [7, 11) is 1.64. The number of hydrogen-bond acceptors (Lipinski definition) is 6. The minimum absolute atomic E-state index is 0.132. The Morgan fingerprint density at radius 3 is 2.00 bits per heavy atom. The van der Waals surface area contributed by atoms with Gasteiger partial charge in [0.2, 0.25) is 0 Å². The fourth-order valence-corrected chi connectivity index (χ4v) is 0.941. The van der Waals surface area contributed by atoms with Crippen LogP contribution in [0.4, 0.5) is 0 Å². The third kappa shape index (κ3) is 4.32. The lowest BCUT2D eigenvalue weighted by atomic mass is 10.0. The van der Waals surface area contributed by atoms with Crippen molar-refractivity contribution in [3.63, 3.8) is 0 Å². The van der Waals surface area contributed by atoms with Gasteiger partial charge in [-0.3, -0.25) is 0 Å². The molecule has 0 saturated carbocycles. The Morgan fingerprint density at radius 2 is 1.57 bits per heavy atom. The molecule has 0 heterocycles. The van der Waals surface area contributed by atoms with E-state index in [-0.39, 0.29) is 6.42 Å². The van der Waals surface area contributed by atoms with Crippen molar-refractivity contribution in [2.75, 3.05) is 13.7 Å². The van der Waals surface area contributed by atoms with Crippen molar-refractivity contribution in [1.82, 2.24) is 5.32 Å². The summed E-state index contributed by atoms with van der Waals surface area (Å²) in [5.41, 5.74) is 0. The second-order valence-electron chi connectivity index (χ2n) is 3.03. The number of aliphatic hydroxyl groups excluding tert-OH is 5. The zero-order chi connectivity index (χ0) is 11.1. The predicted molar refractivity (Wildman–Crippen MR) is 49.1 cm³/mol. The lowest BCUT2D eigenvalue weighted by Gasteiger charge is -2.25. The van der Waals surface area contributed by atoms with E-state index >= 15 is 0 Å². The van der Waals surface area contributed by atoms with Crippen LogP contribution in [0.5, 0.6) is 0 Å². The topological polar surface area (TPSA) is 113 Å². The molecule has 0 fully saturated rings. The van der Waals surface area contributed by atoms with Crippen LogP contribution < -0.4 is 5.32 Å². The standard InChI is InChI=1S/C8H18NO5/c1-9-3-2-5(11)7(13)8(14)6(12)4-10/h3,5-14H,2,4H2,1H3. The van der Waals surface area contributed by atoms with Crippen molar-refractivity contribution in [1.29, 1.82) is 0 Å². The highest BCUT2D eigenvalue weighted by Gasteiger charge is 2.29. The van der Waals surface area contributed by atoms with E-state index in [1.807, 2.05) is 0 Å². The van der Waals surface area contributed by atoms with Crippen molar-refractivity contribution < 1.29 is 25.5 Å². The monoisotopic (exact) mass is 208 g/mol. The van der Waals surface area contributed by atoms with Gasteiger partial charge in [-0.2, -0.15) is 0 Å². The highest BCUT2D eigenvalue weighted by atomic mass is 16.4. The Labute approximate surface area is 82.8 Å². The van der Waals surface area contributed by atoms with Gasteiger partial charge in [-0.25, -0.2) is 0 Å². The molecule has 1 radical (unpaired) electrons. The number of hydrogen-bond donors (Lipinski definition) is 6. The molecule has 4 atom stereocenters.